The summed E-state index contributed by atoms with van der Waals surface area (Å²) in [5, 5.41) is 15.0. The third-order valence-corrected chi connectivity index (χ3v) is 4.93. The van der Waals surface area contributed by atoms with Crippen molar-refractivity contribution in [3.05, 3.63) is 16.4 Å². The van der Waals surface area contributed by atoms with Crippen molar-refractivity contribution in [3.63, 3.8) is 0 Å². The molecule has 0 radical (unpaired) electrons. The first-order valence-corrected chi connectivity index (χ1v) is 8.25. The molecule has 2 fully saturated rings. The highest BCUT2D eigenvalue weighted by molar-refractivity contribution is 9.10. The van der Waals surface area contributed by atoms with Crippen LogP contribution >= 0.6 is 15.9 Å². The van der Waals surface area contributed by atoms with Crippen LogP contribution in [0.25, 0.3) is 0 Å². The molecule has 3 unspecified atom stereocenters. The van der Waals surface area contributed by atoms with Gasteiger partial charge in [0, 0.05) is 19.1 Å². The van der Waals surface area contributed by atoms with Gasteiger partial charge in [0.15, 0.2) is 0 Å². The van der Waals surface area contributed by atoms with E-state index in [4.69, 9.17) is 4.74 Å². The van der Waals surface area contributed by atoms with Crippen LogP contribution in [-0.4, -0.2) is 51.6 Å². The smallest absolute Gasteiger partial charge is 0.124 e. The molecule has 0 amide bonds. The lowest BCUT2D eigenvalue weighted by Crippen LogP contribution is -2.48. The van der Waals surface area contributed by atoms with Crippen LogP contribution in [0.4, 0.5) is 0 Å². The Bertz CT molecular complexity index is 465. The molecule has 5 nitrogen and oxygen atoms in total. The van der Waals surface area contributed by atoms with E-state index in [-0.39, 0.29) is 6.10 Å². The molecule has 0 saturated carbocycles. The van der Waals surface area contributed by atoms with Gasteiger partial charge in [-0.05, 0) is 41.7 Å². The van der Waals surface area contributed by atoms with Gasteiger partial charge in [0.25, 0.3) is 0 Å². The predicted octanol–water partition coefficient (Wildman–Crippen LogP) is 1.95. The summed E-state index contributed by atoms with van der Waals surface area (Å²) >= 11 is 3.50. The average molecular weight is 344 g/mol. The molecule has 0 aromatic carbocycles. The van der Waals surface area contributed by atoms with Gasteiger partial charge in [0.2, 0.25) is 0 Å². The number of rotatable bonds is 4. The number of hydrogen-bond acceptors (Lipinski definition) is 4. The van der Waals surface area contributed by atoms with Gasteiger partial charge in [0.1, 0.15) is 12.2 Å². The van der Waals surface area contributed by atoms with Crippen molar-refractivity contribution in [1.29, 1.82) is 0 Å². The molecule has 1 aromatic heterocycles. The second-order valence-electron chi connectivity index (χ2n) is 5.71. The van der Waals surface area contributed by atoms with Crippen LogP contribution in [0.2, 0.25) is 0 Å². The number of ether oxygens (including phenoxy) is 1. The van der Waals surface area contributed by atoms with E-state index in [1.807, 2.05) is 4.68 Å². The number of nitrogens with zero attached hydrogens (tertiary/aromatic N) is 3. The second-order valence-corrected chi connectivity index (χ2v) is 6.56. The largest absolute Gasteiger partial charge is 0.384 e. The van der Waals surface area contributed by atoms with E-state index in [9.17, 15) is 5.11 Å². The Morgan fingerprint density at radius 3 is 3.25 bits per heavy atom. The zero-order valence-corrected chi connectivity index (χ0v) is 13.4. The van der Waals surface area contributed by atoms with Gasteiger partial charge < -0.3 is 9.84 Å². The first-order chi connectivity index (χ1) is 9.70. The quantitative estimate of drug-likeness (QED) is 0.907. The number of aryl methyl sites for hydroxylation is 1. The van der Waals surface area contributed by atoms with E-state index in [2.05, 4.69) is 32.9 Å². The standard InChI is InChI=1S/C14H22BrN3O2/c1-2-5-18-13(11(15)7-16-18)14(19)12-8-17-6-3-4-10(17)9-20-12/h7,10,12,14,19H,2-6,8-9H2,1H3. The molecule has 112 valence electrons. The SMILES string of the molecule is CCCn1ncc(Br)c1C(O)C1CN2CCCC2CO1. The molecule has 0 spiro atoms. The fraction of sp³-hybridized carbons (Fsp3) is 0.786. The lowest BCUT2D eigenvalue weighted by Gasteiger charge is -2.37. The molecule has 3 rings (SSSR count). The van der Waals surface area contributed by atoms with Crippen LogP contribution < -0.4 is 0 Å². The minimum absolute atomic E-state index is 0.159. The summed E-state index contributed by atoms with van der Waals surface area (Å²) in [6.07, 6.45) is 4.44. The van der Waals surface area contributed by atoms with Gasteiger partial charge in [-0.3, -0.25) is 9.58 Å². The van der Waals surface area contributed by atoms with E-state index >= 15 is 0 Å². The van der Waals surface area contributed by atoms with Gasteiger partial charge >= 0.3 is 0 Å². The normalized spacial score (nSPS) is 28.6. The first kappa shape index (κ1) is 14.5. The highest BCUT2D eigenvalue weighted by atomic mass is 79.9. The molecule has 0 aliphatic carbocycles. The van der Waals surface area contributed by atoms with Crippen molar-refractivity contribution in [3.8, 4) is 0 Å². The fourth-order valence-corrected chi connectivity index (χ4v) is 3.80. The average Bonchev–Trinajstić information content (AvgIpc) is 3.04. The number of morpholine rings is 1. The Morgan fingerprint density at radius 1 is 1.60 bits per heavy atom. The van der Waals surface area contributed by atoms with E-state index in [1.165, 1.54) is 12.8 Å². The van der Waals surface area contributed by atoms with E-state index in [0.717, 1.165) is 42.8 Å². The summed E-state index contributed by atoms with van der Waals surface area (Å²) < 4.78 is 8.66. The molecule has 3 atom stereocenters. The zero-order valence-electron chi connectivity index (χ0n) is 11.8. The van der Waals surface area contributed by atoms with E-state index in [0.29, 0.717) is 6.04 Å². The fourth-order valence-electron chi connectivity index (χ4n) is 3.27. The van der Waals surface area contributed by atoms with Crippen LogP contribution in [0.1, 0.15) is 38.0 Å². The molecule has 2 aliphatic heterocycles. The van der Waals surface area contributed by atoms with Crippen LogP contribution in [0.15, 0.2) is 10.7 Å². The maximum Gasteiger partial charge on any atom is 0.124 e. The second kappa shape index (κ2) is 6.13. The van der Waals surface area contributed by atoms with Crippen molar-refractivity contribution in [2.45, 2.75) is 51.0 Å². The van der Waals surface area contributed by atoms with Gasteiger partial charge in [-0.1, -0.05) is 6.92 Å². The van der Waals surface area contributed by atoms with Crippen molar-refractivity contribution in [2.24, 2.45) is 0 Å². The summed E-state index contributed by atoms with van der Waals surface area (Å²) in [7, 11) is 0. The Hall–Kier alpha value is -0.430. The number of halogens is 1. The Labute approximate surface area is 128 Å². The Kier molecular flexibility index (Phi) is 4.45. The minimum Gasteiger partial charge on any atom is -0.384 e. The van der Waals surface area contributed by atoms with Crippen molar-refractivity contribution < 1.29 is 9.84 Å². The van der Waals surface area contributed by atoms with Gasteiger partial charge in [-0.2, -0.15) is 5.10 Å². The molecule has 1 aromatic rings. The van der Waals surface area contributed by atoms with Crippen molar-refractivity contribution in [2.75, 3.05) is 19.7 Å². The third-order valence-electron chi connectivity index (χ3n) is 4.32. The Balaban J connectivity index is 1.75. The monoisotopic (exact) mass is 343 g/mol. The predicted molar refractivity (Wildman–Crippen MR) is 79.5 cm³/mol. The highest BCUT2D eigenvalue weighted by Crippen LogP contribution is 2.31. The van der Waals surface area contributed by atoms with Crippen molar-refractivity contribution in [1.82, 2.24) is 14.7 Å². The van der Waals surface area contributed by atoms with Crippen molar-refractivity contribution >= 4 is 15.9 Å². The first-order valence-electron chi connectivity index (χ1n) is 7.45. The lowest BCUT2D eigenvalue weighted by atomic mass is 10.1. The summed E-state index contributed by atoms with van der Waals surface area (Å²) in [5.74, 6) is 0. The number of aromatic nitrogens is 2. The Morgan fingerprint density at radius 2 is 2.45 bits per heavy atom. The topological polar surface area (TPSA) is 50.5 Å². The van der Waals surface area contributed by atoms with Gasteiger partial charge in [-0.15, -0.1) is 0 Å². The molecular weight excluding hydrogens is 322 g/mol. The van der Waals surface area contributed by atoms with Gasteiger partial charge in [0.05, 0.1) is 23.0 Å². The lowest BCUT2D eigenvalue weighted by molar-refractivity contribution is -0.106. The van der Waals surface area contributed by atoms with E-state index < -0.39 is 6.10 Å². The van der Waals surface area contributed by atoms with Gasteiger partial charge in [-0.25, -0.2) is 0 Å². The number of aliphatic hydroxyl groups is 1. The summed E-state index contributed by atoms with van der Waals surface area (Å²) in [4.78, 5) is 2.45. The molecule has 6 heteroatoms. The van der Waals surface area contributed by atoms with E-state index in [1.54, 1.807) is 6.20 Å². The van der Waals surface area contributed by atoms with Crippen LogP contribution in [-0.2, 0) is 11.3 Å². The van der Waals surface area contributed by atoms with Crippen LogP contribution in [0.3, 0.4) is 0 Å². The number of hydrogen-bond donors (Lipinski definition) is 1. The van der Waals surface area contributed by atoms with Crippen LogP contribution in [0, 0.1) is 0 Å². The summed E-state index contributed by atoms with van der Waals surface area (Å²) in [5.41, 5.74) is 0.842. The zero-order chi connectivity index (χ0) is 14.1. The van der Waals surface area contributed by atoms with Crippen LogP contribution in [0.5, 0.6) is 0 Å². The summed E-state index contributed by atoms with van der Waals surface area (Å²) in [6.45, 7) is 5.61. The maximum atomic E-state index is 10.7. The molecule has 0 bridgehead atoms. The molecule has 2 saturated heterocycles. The molecule has 1 N–H and O–H groups in total. The highest BCUT2D eigenvalue weighted by Gasteiger charge is 2.37. The molecule has 20 heavy (non-hydrogen) atoms. The minimum atomic E-state index is -0.625. The molecule has 3 heterocycles. The number of aliphatic hydroxyl groups excluding tert-OH is 1. The molecular formula is C14H22BrN3O2. The summed E-state index contributed by atoms with van der Waals surface area (Å²) in [6, 6.07) is 0.558. The third kappa shape index (κ3) is 2.66. The maximum absolute atomic E-state index is 10.7. The number of fused-ring (bicyclic) bond motifs is 1. The molecule has 2 aliphatic rings.